The number of nitrogens with one attached hydrogen (secondary N) is 1. The van der Waals surface area contributed by atoms with Gasteiger partial charge in [-0.2, -0.15) is 18.4 Å². The second kappa shape index (κ2) is 6.14. The molecule has 0 aliphatic rings. The second-order valence-electron chi connectivity index (χ2n) is 3.59. The number of unbranched alkanes of at least 4 members (excludes halogenated alkanes) is 2. The van der Waals surface area contributed by atoms with Crippen LogP contribution < -0.4 is 5.32 Å². The molecule has 0 atom stereocenters. The molecule has 0 amide bonds. The molecule has 0 aliphatic carbocycles. The Hall–Kier alpha value is -1.70. The molecular formula is C12H13F3N2. The highest BCUT2D eigenvalue weighted by Crippen LogP contribution is 2.34. The highest BCUT2D eigenvalue weighted by Gasteiger charge is 2.32. The molecule has 0 saturated heterocycles. The van der Waals surface area contributed by atoms with Crippen molar-refractivity contribution >= 4 is 5.69 Å². The van der Waals surface area contributed by atoms with E-state index in [0.29, 0.717) is 25.8 Å². The summed E-state index contributed by atoms with van der Waals surface area (Å²) in [4.78, 5) is 0. The van der Waals surface area contributed by atoms with Crippen LogP contribution in [0.5, 0.6) is 0 Å². The Labute approximate surface area is 98.1 Å². The Bertz CT molecular complexity index is 393. The number of alkyl halides is 3. The van der Waals surface area contributed by atoms with Gasteiger partial charge in [-0.3, -0.25) is 0 Å². The zero-order valence-corrected chi connectivity index (χ0v) is 9.22. The first-order valence-corrected chi connectivity index (χ1v) is 5.33. The van der Waals surface area contributed by atoms with Crippen molar-refractivity contribution in [3.63, 3.8) is 0 Å². The quantitative estimate of drug-likeness (QED) is 0.797. The van der Waals surface area contributed by atoms with Crippen molar-refractivity contribution in [3.05, 3.63) is 29.8 Å². The third-order valence-electron chi connectivity index (χ3n) is 2.26. The van der Waals surface area contributed by atoms with Gasteiger partial charge in [0.2, 0.25) is 0 Å². The summed E-state index contributed by atoms with van der Waals surface area (Å²) in [5, 5.41) is 11.1. The van der Waals surface area contributed by atoms with Gasteiger partial charge < -0.3 is 5.32 Å². The summed E-state index contributed by atoms with van der Waals surface area (Å²) in [6.07, 6.45) is -2.53. The molecule has 0 aromatic heterocycles. The van der Waals surface area contributed by atoms with E-state index in [4.69, 9.17) is 5.26 Å². The number of halogens is 3. The maximum absolute atomic E-state index is 12.6. The number of benzene rings is 1. The van der Waals surface area contributed by atoms with E-state index in [-0.39, 0.29) is 5.69 Å². The van der Waals surface area contributed by atoms with E-state index in [1.54, 1.807) is 6.07 Å². The van der Waals surface area contributed by atoms with Crippen LogP contribution in [-0.4, -0.2) is 6.54 Å². The van der Waals surface area contributed by atoms with Crippen LogP contribution in [0.4, 0.5) is 18.9 Å². The number of para-hydroxylation sites is 1. The van der Waals surface area contributed by atoms with Gasteiger partial charge in [-0.15, -0.1) is 0 Å². The Balaban J connectivity index is 2.56. The van der Waals surface area contributed by atoms with Crippen LogP contribution in [0.3, 0.4) is 0 Å². The lowest BCUT2D eigenvalue weighted by molar-refractivity contribution is -0.136. The van der Waals surface area contributed by atoms with Crippen molar-refractivity contribution in [2.24, 2.45) is 0 Å². The second-order valence-corrected chi connectivity index (χ2v) is 3.59. The van der Waals surface area contributed by atoms with Gasteiger partial charge in [-0.1, -0.05) is 12.1 Å². The number of anilines is 1. The van der Waals surface area contributed by atoms with Crippen LogP contribution in [-0.2, 0) is 6.18 Å². The van der Waals surface area contributed by atoms with Gasteiger partial charge >= 0.3 is 6.18 Å². The SMILES string of the molecule is N#CCCCCNc1ccccc1C(F)(F)F. The zero-order chi connectivity index (χ0) is 12.7. The fourth-order valence-corrected chi connectivity index (χ4v) is 1.44. The smallest absolute Gasteiger partial charge is 0.385 e. The molecule has 0 bridgehead atoms. The number of rotatable bonds is 5. The lowest BCUT2D eigenvalue weighted by Crippen LogP contribution is -2.11. The highest BCUT2D eigenvalue weighted by molar-refractivity contribution is 5.52. The molecule has 0 fully saturated rings. The standard InChI is InChI=1S/C12H13F3N2/c13-12(14,15)10-6-2-3-7-11(10)17-9-5-1-4-8-16/h2-3,6-7,17H,1,4-5,9H2. The topological polar surface area (TPSA) is 35.8 Å². The molecule has 0 spiro atoms. The first-order valence-electron chi connectivity index (χ1n) is 5.33. The van der Waals surface area contributed by atoms with Gasteiger partial charge in [0.1, 0.15) is 0 Å². The van der Waals surface area contributed by atoms with Gasteiger partial charge in [0.25, 0.3) is 0 Å². The predicted octanol–water partition coefficient (Wildman–Crippen LogP) is 3.81. The number of nitrogens with zero attached hydrogens (tertiary/aromatic N) is 1. The van der Waals surface area contributed by atoms with Gasteiger partial charge in [0.15, 0.2) is 0 Å². The summed E-state index contributed by atoms with van der Waals surface area (Å²) in [5.74, 6) is 0. The first-order chi connectivity index (χ1) is 8.05. The molecule has 0 saturated carbocycles. The van der Waals surface area contributed by atoms with Gasteiger partial charge in [0, 0.05) is 18.7 Å². The van der Waals surface area contributed by atoms with Gasteiger partial charge in [-0.25, -0.2) is 0 Å². The Morgan fingerprint density at radius 1 is 1.18 bits per heavy atom. The molecule has 0 radical (unpaired) electrons. The van der Waals surface area contributed by atoms with Gasteiger partial charge in [-0.05, 0) is 25.0 Å². The molecule has 1 aromatic carbocycles. The minimum atomic E-state index is -4.34. The molecule has 1 aromatic rings. The summed E-state index contributed by atoms with van der Waals surface area (Å²) >= 11 is 0. The number of hydrogen-bond donors (Lipinski definition) is 1. The molecule has 92 valence electrons. The van der Waals surface area contributed by atoms with E-state index in [9.17, 15) is 13.2 Å². The molecular weight excluding hydrogens is 229 g/mol. The van der Waals surface area contributed by atoms with Crippen molar-refractivity contribution < 1.29 is 13.2 Å². The molecule has 1 rings (SSSR count). The van der Waals surface area contributed by atoms with Crippen molar-refractivity contribution in [1.29, 1.82) is 5.26 Å². The van der Waals surface area contributed by atoms with E-state index in [1.807, 2.05) is 6.07 Å². The lowest BCUT2D eigenvalue weighted by Gasteiger charge is -2.13. The molecule has 2 nitrogen and oxygen atoms in total. The van der Waals surface area contributed by atoms with Crippen LogP contribution in [0.1, 0.15) is 24.8 Å². The summed E-state index contributed by atoms with van der Waals surface area (Å²) < 4.78 is 37.8. The zero-order valence-electron chi connectivity index (χ0n) is 9.22. The summed E-state index contributed by atoms with van der Waals surface area (Å²) in [6.45, 7) is 0.439. The van der Waals surface area contributed by atoms with Crippen molar-refractivity contribution in [2.45, 2.75) is 25.4 Å². The van der Waals surface area contributed by atoms with Gasteiger partial charge in [0.05, 0.1) is 11.6 Å². The normalized spacial score (nSPS) is 10.9. The van der Waals surface area contributed by atoms with E-state index in [1.165, 1.54) is 12.1 Å². The van der Waals surface area contributed by atoms with Crippen LogP contribution in [0.2, 0.25) is 0 Å². The van der Waals surface area contributed by atoms with E-state index in [0.717, 1.165) is 6.07 Å². The molecule has 0 unspecified atom stereocenters. The molecule has 0 aliphatic heterocycles. The van der Waals surface area contributed by atoms with Crippen molar-refractivity contribution in [1.82, 2.24) is 0 Å². The average Bonchev–Trinajstić information content (AvgIpc) is 2.28. The molecule has 0 heterocycles. The maximum atomic E-state index is 12.6. The maximum Gasteiger partial charge on any atom is 0.418 e. The summed E-state index contributed by atoms with van der Waals surface area (Å²) in [5.41, 5.74) is -0.558. The largest absolute Gasteiger partial charge is 0.418 e. The Morgan fingerprint density at radius 3 is 2.53 bits per heavy atom. The first kappa shape index (κ1) is 13.4. The summed E-state index contributed by atoms with van der Waals surface area (Å²) in [6, 6.07) is 7.38. The average molecular weight is 242 g/mol. The third kappa shape index (κ3) is 4.35. The summed E-state index contributed by atoms with van der Waals surface area (Å²) in [7, 11) is 0. The molecule has 5 heteroatoms. The number of nitriles is 1. The van der Waals surface area contributed by atoms with Crippen molar-refractivity contribution in [2.75, 3.05) is 11.9 Å². The van der Waals surface area contributed by atoms with Crippen LogP contribution in [0.15, 0.2) is 24.3 Å². The minimum Gasteiger partial charge on any atom is -0.385 e. The highest BCUT2D eigenvalue weighted by atomic mass is 19.4. The monoisotopic (exact) mass is 242 g/mol. The Kier molecular flexibility index (Phi) is 4.83. The minimum absolute atomic E-state index is 0.0944. The van der Waals surface area contributed by atoms with Crippen LogP contribution >= 0.6 is 0 Å². The predicted molar refractivity (Wildman–Crippen MR) is 59.4 cm³/mol. The van der Waals surface area contributed by atoms with Crippen LogP contribution in [0.25, 0.3) is 0 Å². The Morgan fingerprint density at radius 2 is 1.88 bits per heavy atom. The third-order valence-corrected chi connectivity index (χ3v) is 2.26. The van der Waals surface area contributed by atoms with E-state index in [2.05, 4.69) is 5.32 Å². The number of hydrogen-bond acceptors (Lipinski definition) is 2. The fraction of sp³-hybridized carbons (Fsp3) is 0.417. The lowest BCUT2D eigenvalue weighted by atomic mass is 10.1. The van der Waals surface area contributed by atoms with E-state index >= 15 is 0 Å². The fourth-order valence-electron chi connectivity index (χ4n) is 1.44. The van der Waals surface area contributed by atoms with Crippen molar-refractivity contribution in [3.8, 4) is 6.07 Å². The molecule has 1 N–H and O–H groups in total. The molecule has 17 heavy (non-hydrogen) atoms. The van der Waals surface area contributed by atoms with E-state index < -0.39 is 11.7 Å². The van der Waals surface area contributed by atoms with Crippen LogP contribution in [0, 0.1) is 11.3 Å².